The average molecular weight is 372 g/mol. The lowest BCUT2D eigenvalue weighted by atomic mass is 9.71. The fraction of sp³-hybridized carbons (Fsp3) is 0.476. The number of ether oxygens (including phenoxy) is 5. The highest BCUT2D eigenvalue weighted by Crippen LogP contribution is 2.55. The quantitative estimate of drug-likeness (QED) is 0.740. The van der Waals surface area contributed by atoms with Gasteiger partial charge in [0.25, 0.3) is 0 Å². The molecule has 0 amide bonds. The van der Waals surface area contributed by atoms with Crippen LogP contribution in [0.1, 0.15) is 25.0 Å². The SMILES string of the molecule is C=CC[C@H]1C(=O)C=C(OC)[C@@]2(OC)[C@H](C)[C@@H](c3ccc4c(c3)OCO4)O[C@@H]12. The minimum absolute atomic E-state index is 0.0250. The molecule has 0 saturated carbocycles. The Balaban J connectivity index is 1.78. The Morgan fingerprint density at radius 3 is 2.78 bits per heavy atom. The van der Waals surface area contributed by atoms with Gasteiger partial charge in [-0.3, -0.25) is 4.79 Å². The predicted molar refractivity (Wildman–Crippen MR) is 97.5 cm³/mol. The zero-order chi connectivity index (χ0) is 19.2. The summed E-state index contributed by atoms with van der Waals surface area (Å²) in [6, 6.07) is 5.79. The number of hydrogen-bond acceptors (Lipinski definition) is 6. The maximum Gasteiger partial charge on any atom is 0.231 e. The van der Waals surface area contributed by atoms with Crippen molar-refractivity contribution in [3.63, 3.8) is 0 Å². The molecule has 1 aromatic carbocycles. The van der Waals surface area contributed by atoms with E-state index in [2.05, 4.69) is 13.5 Å². The highest BCUT2D eigenvalue weighted by atomic mass is 16.7. The Bertz CT molecular complexity index is 800. The van der Waals surface area contributed by atoms with Crippen LogP contribution < -0.4 is 9.47 Å². The van der Waals surface area contributed by atoms with Crippen LogP contribution in [0.5, 0.6) is 11.5 Å². The first-order valence-electron chi connectivity index (χ1n) is 9.07. The summed E-state index contributed by atoms with van der Waals surface area (Å²) >= 11 is 0. The van der Waals surface area contributed by atoms with Crippen LogP contribution in [0.4, 0.5) is 0 Å². The zero-order valence-electron chi connectivity index (χ0n) is 15.8. The number of ketones is 1. The van der Waals surface area contributed by atoms with E-state index >= 15 is 0 Å². The van der Waals surface area contributed by atoms with Crippen LogP contribution in [0, 0.1) is 11.8 Å². The van der Waals surface area contributed by atoms with Gasteiger partial charge in [-0.2, -0.15) is 0 Å². The van der Waals surface area contributed by atoms with E-state index in [0.29, 0.717) is 17.9 Å². The van der Waals surface area contributed by atoms with Crippen molar-refractivity contribution in [3.05, 3.63) is 48.3 Å². The fourth-order valence-corrected chi connectivity index (χ4v) is 4.62. The van der Waals surface area contributed by atoms with Crippen LogP contribution in [0.3, 0.4) is 0 Å². The number of hydrogen-bond donors (Lipinski definition) is 0. The summed E-state index contributed by atoms with van der Waals surface area (Å²) in [5.74, 6) is 1.47. The Labute approximate surface area is 158 Å². The molecule has 0 spiro atoms. The summed E-state index contributed by atoms with van der Waals surface area (Å²) in [5, 5.41) is 0. The summed E-state index contributed by atoms with van der Waals surface area (Å²) in [6.45, 7) is 6.08. The summed E-state index contributed by atoms with van der Waals surface area (Å²) in [5.41, 5.74) is 0.120. The molecule has 0 radical (unpaired) electrons. The molecule has 1 fully saturated rings. The van der Waals surface area contributed by atoms with Gasteiger partial charge in [-0.1, -0.05) is 19.1 Å². The highest BCUT2D eigenvalue weighted by molar-refractivity contribution is 5.94. The van der Waals surface area contributed by atoms with E-state index in [1.165, 1.54) is 0 Å². The Morgan fingerprint density at radius 2 is 2.07 bits per heavy atom. The van der Waals surface area contributed by atoms with Gasteiger partial charge in [0.1, 0.15) is 11.9 Å². The summed E-state index contributed by atoms with van der Waals surface area (Å²) in [4.78, 5) is 12.7. The second kappa shape index (κ2) is 6.69. The van der Waals surface area contributed by atoms with Gasteiger partial charge in [0.2, 0.25) is 6.79 Å². The molecule has 5 atom stereocenters. The average Bonchev–Trinajstić information content (AvgIpc) is 3.26. The first-order valence-corrected chi connectivity index (χ1v) is 9.07. The fourth-order valence-electron chi connectivity index (χ4n) is 4.62. The van der Waals surface area contributed by atoms with Gasteiger partial charge in [-0.25, -0.2) is 0 Å². The molecule has 0 aromatic heterocycles. The molecular weight excluding hydrogens is 348 g/mol. The Hall–Kier alpha value is -2.31. The van der Waals surface area contributed by atoms with Crippen molar-refractivity contribution < 1.29 is 28.5 Å². The molecule has 1 saturated heterocycles. The molecule has 1 aliphatic carbocycles. The van der Waals surface area contributed by atoms with Gasteiger partial charge in [0, 0.05) is 19.1 Å². The third-order valence-corrected chi connectivity index (χ3v) is 5.94. The third-order valence-electron chi connectivity index (χ3n) is 5.94. The summed E-state index contributed by atoms with van der Waals surface area (Å²) in [7, 11) is 3.20. The molecule has 0 N–H and O–H groups in total. The molecule has 0 unspecified atom stereocenters. The second-order valence-electron chi connectivity index (χ2n) is 7.12. The van der Waals surface area contributed by atoms with E-state index in [0.717, 1.165) is 11.3 Å². The molecule has 1 aromatic rings. The minimum atomic E-state index is -0.836. The van der Waals surface area contributed by atoms with E-state index < -0.39 is 11.7 Å². The molecule has 4 rings (SSSR count). The summed E-state index contributed by atoms with van der Waals surface area (Å²) in [6.07, 6.45) is 3.08. The van der Waals surface area contributed by atoms with Crippen LogP contribution >= 0.6 is 0 Å². The first-order chi connectivity index (χ1) is 13.1. The lowest BCUT2D eigenvalue weighted by molar-refractivity contribution is -0.141. The van der Waals surface area contributed by atoms with Crippen LogP contribution in [0.2, 0.25) is 0 Å². The van der Waals surface area contributed by atoms with Crippen molar-refractivity contribution >= 4 is 5.78 Å². The number of rotatable bonds is 5. The van der Waals surface area contributed by atoms with E-state index in [1.807, 2.05) is 18.2 Å². The van der Waals surface area contributed by atoms with Crippen LogP contribution in [-0.2, 0) is 19.0 Å². The molecule has 2 heterocycles. The smallest absolute Gasteiger partial charge is 0.231 e. The van der Waals surface area contributed by atoms with E-state index in [9.17, 15) is 4.79 Å². The van der Waals surface area contributed by atoms with Crippen molar-refractivity contribution in [3.8, 4) is 11.5 Å². The predicted octanol–water partition coefficient (Wildman–Crippen LogP) is 3.18. The lowest BCUT2D eigenvalue weighted by Gasteiger charge is -2.42. The van der Waals surface area contributed by atoms with Crippen molar-refractivity contribution in [2.45, 2.75) is 31.2 Å². The zero-order valence-corrected chi connectivity index (χ0v) is 15.8. The van der Waals surface area contributed by atoms with Crippen molar-refractivity contribution in [2.75, 3.05) is 21.0 Å². The number of benzene rings is 1. The maximum atomic E-state index is 12.7. The first kappa shape index (κ1) is 18.1. The van der Waals surface area contributed by atoms with Gasteiger partial charge in [0.15, 0.2) is 22.9 Å². The molecule has 3 aliphatic rings. The van der Waals surface area contributed by atoms with E-state index in [4.69, 9.17) is 23.7 Å². The number of fused-ring (bicyclic) bond motifs is 2. The topological polar surface area (TPSA) is 63.2 Å². The van der Waals surface area contributed by atoms with E-state index in [-0.39, 0.29) is 30.5 Å². The van der Waals surface area contributed by atoms with Crippen LogP contribution in [-0.4, -0.2) is 38.5 Å². The molecule has 2 aliphatic heterocycles. The molecule has 6 heteroatoms. The summed E-state index contributed by atoms with van der Waals surface area (Å²) < 4.78 is 29.0. The maximum absolute atomic E-state index is 12.7. The van der Waals surface area contributed by atoms with Crippen LogP contribution in [0.25, 0.3) is 0 Å². The third kappa shape index (κ3) is 2.51. The van der Waals surface area contributed by atoms with Gasteiger partial charge >= 0.3 is 0 Å². The molecular formula is C21H24O6. The minimum Gasteiger partial charge on any atom is -0.498 e. The largest absolute Gasteiger partial charge is 0.498 e. The number of methoxy groups -OCH3 is 2. The Kier molecular flexibility index (Phi) is 4.48. The highest BCUT2D eigenvalue weighted by Gasteiger charge is 2.63. The standard InChI is InChI=1S/C21H24O6/c1-5-6-14-15(22)10-18(23-3)21(24-4)12(2)19(27-20(14)21)13-7-8-16-17(9-13)26-11-25-16/h5,7-10,12,14,19-20H,1,6,11H2,2-4H3/t12-,14+,19+,20+,21+/m1/s1. The monoisotopic (exact) mass is 372 g/mol. The van der Waals surface area contributed by atoms with E-state index in [1.54, 1.807) is 26.4 Å². The van der Waals surface area contributed by atoms with Crippen molar-refractivity contribution in [1.29, 1.82) is 0 Å². The molecule has 6 nitrogen and oxygen atoms in total. The molecule has 144 valence electrons. The van der Waals surface area contributed by atoms with Gasteiger partial charge in [-0.05, 0) is 24.1 Å². The molecule has 27 heavy (non-hydrogen) atoms. The number of carbonyl (C=O) groups excluding carboxylic acids is 1. The normalized spacial score (nSPS) is 34.2. The Morgan fingerprint density at radius 1 is 1.30 bits per heavy atom. The van der Waals surface area contributed by atoms with Crippen LogP contribution in [0.15, 0.2) is 42.7 Å². The molecule has 0 bridgehead atoms. The van der Waals surface area contributed by atoms with Crippen molar-refractivity contribution in [1.82, 2.24) is 0 Å². The number of carbonyl (C=O) groups is 1. The number of allylic oxidation sites excluding steroid dienone is 2. The second-order valence-corrected chi connectivity index (χ2v) is 7.12. The van der Waals surface area contributed by atoms with Gasteiger partial charge < -0.3 is 23.7 Å². The van der Waals surface area contributed by atoms with Crippen molar-refractivity contribution in [2.24, 2.45) is 11.8 Å². The lowest BCUT2D eigenvalue weighted by Crippen LogP contribution is -2.54. The van der Waals surface area contributed by atoms with Gasteiger partial charge in [-0.15, -0.1) is 6.58 Å². The van der Waals surface area contributed by atoms with Gasteiger partial charge in [0.05, 0.1) is 19.1 Å².